The van der Waals surface area contributed by atoms with Crippen molar-refractivity contribution in [3.63, 3.8) is 0 Å². The van der Waals surface area contributed by atoms with Gasteiger partial charge < -0.3 is 9.32 Å². The Morgan fingerprint density at radius 3 is 2.72 bits per heavy atom. The summed E-state index contributed by atoms with van der Waals surface area (Å²) in [6.07, 6.45) is 1.51. The molecule has 18 heavy (non-hydrogen) atoms. The Kier molecular flexibility index (Phi) is 3.35. The van der Waals surface area contributed by atoms with E-state index in [1.165, 1.54) is 6.26 Å². The fourth-order valence-electron chi connectivity index (χ4n) is 1.69. The van der Waals surface area contributed by atoms with Crippen LogP contribution >= 0.6 is 11.6 Å². The van der Waals surface area contributed by atoms with Gasteiger partial charge in [0.25, 0.3) is 5.91 Å². The average molecular weight is 266 g/mol. The van der Waals surface area contributed by atoms with Crippen LogP contribution in [0.4, 0.5) is 0 Å². The second-order valence-corrected chi connectivity index (χ2v) is 5.22. The molecule has 0 aliphatic heterocycles. The summed E-state index contributed by atoms with van der Waals surface area (Å²) in [6.45, 7) is 3.86. The Hall–Kier alpha value is -1.48. The number of hydrogen-bond donors (Lipinski definition) is 0. The number of furan rings is 1. The van der Waals surface area contributed by atoms with Gasteiger partial charge in [0.2, 0.25) is 0 Å². The van der Waals surface area contributed by atoms with Crippen molar-refractivity contribution in [2.45, 2.75) is 19.4 Å². The lowest BCUT2D eigenvalue weighted by Gasteiger charge is -2.33. The van der Waals surface area contributed by atoms with Gasteiger partial charge in [-0.1, -0.05) is 18.2 Å². The molecule has 0 N–H and O–H groups in total. The van der Waals surface area contributed by atoms with Crippen molar-refractivity contribution < 1.29 is 9.21 Å². The number of halogens is 1. The predicted molar refractivity (Wildman–Crippen MR) is 73.1 cm³/mol. The molecule has 0 aliphatic rings. The number of amides is 1. The van der Waals surface area contributed by atoms with Crippen LogP contribution in [-0.4, -0.2) is 29.3 Å². The second-order valence-electron chi connectivity index (χ2n) is 4.96. The van der Waals surface area contributed by atoms with E-state index in [1.54, 1.807) is 11.9 Å². The molecule has 1 aromatic heterocycles. The van der Waals surface area contributed by atoms with Crippen molar-refractivity contribution in [3.05, 3.63) is 36.1 Å². The van der Waals surface area contributed by atoms with Crippen molar-refractivity contribution in [1.29, 1.82) is 0 Å². The Morgan fingerprint density at radius 2 is 2.06 bits per heavy atom. The summed E-state index contributed by atoms with van der Waals surface area (Å²) in [4.78, 5) is 14.1. The minimum absolute atomic E-state index is 0.0781. The van der Waals surface area contributed by atoms with E-state index in [1.807, 2.05) is 38.1 Å². The topological polar surface area (TPSA) is 33.5 Å². The van der Waals surface area contributed by atoms with Crippen LogP contribution in [-0.2, 0) is 0 Å². The first-order valence-corrected chi connectivity index (χ1v) is 6.31. The van der Waals surface area contributed by atoms with Crippen LogP contribution in [0.5, 0.6) is 0 Å². The lowest BCUT2D eigenvalue weighted by atomic mass is 10.0. The number of carbonyl (C=O) groups is 1. The maximum atomic E-state index is 12.4. The summed E-state index contributed by atoms with van der Waals surface area (Å²) in [5, 5.41) is 0.833. The number of alkyl halides is 1. The summed E-state index contributed by atoms with van der Waals surface area (Å²) in [7, 11) is 1.76. The first-order chi connectivity index (χ1) is 8.47. The summed E-state index contributed by atoms with van der Waals surface area (Å²) >= 11 is 5.89. The highest BCUT2D eigenvalue weighted by atomic mass is 35.5. The molecule has 3 nitrogen and oxygen atoms in total. The van der Waals surface area contributed by atoms with Crippen LogP contribution in [0.3, 0.4) is 0 Å². The van der Waals surface area contributed by atoms with E-state index in [9.17, 15) is 4.79 Å². The normalized spacial score (nSPS) is 11.8. The van der Waals surface area contributed by atoms with E-state index in [2.05, 4.69) is 0 Å². The Balaban J connectivity index is 2.40. The molecule has 1 heterocycles. The third kappa shape index (κ3) is 2.10. The highest BCUT2D eigenvalue weighted by Crippen LogP contribution is 2.24. The molecule has 0 spiro atoms. The summed E-state index contributed by atoms with van der Waals surface area (Å²) < 4.78 is 5.39. The maximum Gasteiger partial charge on any atom is 0.257 e. The number of rotatable bonds is 3. The molecule has 96 valence electrons. The van der Waals surface area contributed by atoms with E-state index >= 15 is 0 Å². The Bertz CT molecular complexity index is 574. The van der Waals surface area contributed by atoms with Gasteiger partial charge in [0, 0.05) is 18.3 Å². The molecule has 4 heteroatoms. The zero-order chi connectivity index (χ0) is 13.3. The molecule has 0 radical (unpaired) electrons. The first kappa shape index (κ1) is 13.0. The number of nitrogens with zero attached hydrogens (tertiary/aromatic N) is 1. The van der Waals surface area contributed by atoms with E-state index in [0.717, 1.165) is 11.0 Å². The maximum absolute atomic E-state index is 12.4. The SMILES string of the molecule is CN(C(=O)c1coc2ccccc12)C(C)(C)CCl. The van der Waals surface area contributed by atoms with Crippen molar-refractivity contribution in [2.75, 3.05) is 12.9 Å². The van der Waals surface area contributed by atoms with Crippen molar-refractivity contribution in [2.24, 2.45) is 0 Å². The molecule has 0 fully saturated rings. The molecule has 0 saturated heterocycles. The molecule has 1 amide bonds. The molecular weight excluding hydrogens is 250 g/mol. The number of hydrogen-bond acceptors (Lipinski definition) is 2. The van der Waals surface area contributed by atoms with Crippen molar-refractivity contribution in [3.8, 4) is 0 Å². The van der Waals surface area contributed by atoms with Crippen LogP contribution in [0.2, 0.25) is 0 Å². The Labute approximate surface area is 111 Å². The van der Waals surface area contributed by atoms with E-state index in [-0.39, 0.29) is 5.91 Å². The minimum Gasteiger partial charge on any atom is -0.463 e. The van der Waals surface area contributed by atoms with Gasteiger partial charge in [0.15, 0.2) is 0 Å². The number of carbonyl (C=O) groups excluding carboxylic acids is 1. The van der Waals surface area contributed by atoms with Gasteiger partial charge in [0.1, 0.15) is 11.8 Å². The number of fused-ring (bicyclic) bond motifs is 1. The second kappa shape index (κ2) is 4.65. The van der Waals surface area contributed by atoms with Gasteiger partial charge in [-0.15, -0.1) is 11.6 Å². The molecule has 1 aromatic carbocycles. The highest BCUT2D eigenvalue weighted by molar-refractivity contribution is 6.19. The molecular formula is C14H16ClNO2. The van der Waals surface area contributed by atoms with Gasteiger partial charge >= 0.3 is 0 Å². The third-order valence-corrected chi connectivity index (χ3v) is 3.91. The van der Waals surface area contributed by atoms with Gasteiger partial charge in [-0.2, -0.15) is 0 Å². The quantitative estimate of drug-likeness (QED) is 0.796. The molecule has 0 aliphatic carbocycles. The molecule has 0 saturated carbocycles. The zero-order valence-corrected chi connectivity index (χ0v) is 11.5. The predicted octanol–water partition coefficient (Wildman–Crippen LogP) is 3.52. The molecule has 2 rings (SSSR count). The minimum atomic E-state index is -0.392. The lowest BCUT2D eigenvalue weighted by Crippen LogP contribution is -2.46. The zero-order valence-electron chi connectivity index (χ0n) is 10.7. The summed E-state index contributed by atoms with van der Waals surface area (Å²) in [5.74, 6) is 0.302. The van der Waals surface area contributed by atoms with Gasteiger partial charge in [-0.3, -0.25) is 4.79 Å². The van der Waals surface area contributed by atoms with Gasteiger partial charge in [0.05, 0.1) is 11.1 Å². The number of benzene rings is 1. The van der Waals surface area contributed by atoms with Crippen LogP contribution < -0.4 is 0 Å². The van der Waals surface area contributed by atoms with E-state index in [0.29, 0.717) is 11.4 Å². The van der Waals surface area contributed by atoms with E-state index in [4.69, 9.17) is 16.0 Å². The van der Waals surface area contributed by atoms with Gasteiger partial charge in [-0.25, -0.2) is 0 Å². The Morgan fingerprint density at radius 1 is 1.39 bits per heavy atom. The molecule has 0 atom stereocenters. The number of para-hydroxylation sites is 1. The summed E-state index contributed by atoms with van der Waals surface area (Å²) in [6, 6.07) is 7.50. The van der Waals surface area contributed by atoms with E-state index < -0.39 is 5.54 Å². The van der Waals surface area contributed by atoms with Crippen LogP contribution in [0.1, 0.15) is 24.2 Å². The van der Waals surface area contributed by atoms with Crippen LogP contribution in [0, 0.1) is 0 Å². The molecule has 0 bridgehead atoms. The highest BCUT2D eigenvalue weighted by Gasteiger charge is 2.29. The average Bonchev–Trinajstić information content (AvgIpc) is 2.80. The third-order valence-electron chi connectivity index (χ3n) is 3.25. The monoisotopic (exact) mass is 265 g/mol. The summed E-state index contributed by atoms with van der Waals surface area (Å²) in [5.41, 5.74) is 0.904. The van der Waals surface area contributed by atoms with Crippen LogP contribution in [0.25, 0.3) is 11.0 Å². The van der Waals surface area contributed by atoms with Gasteiger partial charge in [-0.05, 0) is 19.9 Å². The standard InChI is InChI=1S/C14H16ClNO2/c1-14(2,9-15)16(3)13(17)11-8-18-12-7-5-4-6-10(11)12/h4-8H,9H2,1-3H3. The molecule has 2 aromatic rings. The van der Waals surface area contributed by atoms with Crippen molar-refractivity contribution in [1.82, 2.24) is 4.90 Å². The van der Waals surface area contributed by atoms with Crippen LogP contribution in [0.15, 0.2) is 34.9 Å². The first-order valence-electron chi connectivity index (χ1n) is 5.78. The van der Waals surface area contributed by atoms with Crippen molar-refractivity contribution >= 4 is 28.5 Å². The molecule has 0 unspecified atom stereocenters. The largest absolute Gasteiger partial charge is 0.463 e. The fourth-order valence-corrected chi connectivity index (χ4v) is 1.87. The fraction of sp³-hybridized carbons (Fsp3) is 0.357. The smallest absolute Gasteiger partial charge is 0.257 e. The lowest BCUT2D eigenvalue weighted by molar-refractivity contribution is 0.0661.